The second-order valence-corrected chi connectivity index (χ2v) is 11.3. The number of allylic oxidation sites excluding steroid dienone is 4. The maximum Gasteiger partial charge on any atom is 0.162 e. The van der Waals surface area contributed by atoms with E-state index in [1.54, 1.807) is 0 Å². The number of benzene rings is 1. The summed E-state index contributed by atoms with van der Waals surface area (Å²) in [5.74, 6) is 0.982. The van der Waals surface area contributed by atoms with E-state index in [1.165, 1.54) is 0 Å². The Bertz CT molecular complexity index is 1160. The first-order chi connectivity index (χ1) is 15.0. The SMILES string of the molecule is CC1(C)CC(=O)C2=C(C1)NC1=C(C(=O)CC(C)(C)C1)C2c1ccc(-c2ccccc2Cl)o1. The predicted molar refractivity (Wildman–Crippen MR) is 125 cm³/mol. The van der Waals surface area contributed by atoms with E-state index in [0.717, 1.165) is 29.8 Å². The van der Waals surface area contributed by atoms with Crippen LogP contribution in [-0.4, -0.2) is 11.6 Å². The molecular formula is C27H28ClNO3. The molecule has 1 aromatic carbocycles. The second kappa shape index (κ2) is 7.21. The third-order valence-corrected chi connectivity index (χ3v) is 7.10. The largest absolute Gasteiger partial charge is 0.460 e. The summed E-state index contributed by atoms with van der Waals surface area (Å²) < 4.78 is 6.30. The van der Waals surface area contributed by atoms with Crippen molar-refractivity contribution in [1.29, 1.82) is 0 Å². The number of ketones is 2. The third kappa shape index (κ3) is 3.55. The van der Waals surface area contributed by atoms with E-state index in [1.807, 2.05) is 36.4 Å². The van der Waals surface area contributed by atoms with Gasteiger partial charge in [0.05, 0.1) is 10.9 Å². The summed E-state index contributed by atoms with van der Waals surface area (Å²) in [6, 6.07) is 11.3. The third-order valence-electron chi connectivity index (χ3n) is 6.77. The Balaban J connectivity index is 1.67. The van der Waals surface area contributed by atoms with Gasteiger partial charge in [-0.3, -0.25) is 9.59 Å². The van der Waals surface area contributed by atoms with Crippen LogP contribution in [0.15, 0.2) is 63.4 Å². The van der Waals surface area contributed by atoms with Crippen molar-refractivity contribution in [2.75, 3.05) is 0 Å². The van der Waals surface area contributed by atoms with Crippen LogP contribution in [0.3, 0.4) is 0 Å². The minimum Gasteiger partial charge on any atom is -0.460 e. The molecule has 4 nitrogen and oxygen atoms in total. The van der Waals surface area contributed by atoms with Gasteiger partial charge in [0.25, 0.3) is 0 Å². The second-order valence-electron chi connectivity index (χ2n) is 10.9. The van der Waals surface area contributed by atoms with Crippen molar-refractivity contribution in [3.8, 4) is 11.3 Å². The van der Waals surface area contributed by atoms with Crippen LogP contribution in [0.25, 0.3) is 11.3 Å². The number of hydrogen-bond acceptors (Lipinski definition) is 4. The molecule has 1 aliphatic heterocycles. The van der Waals surface area contributed by atoms with Crippen molar-refractivity contribution in [1.82, 2.24) is 5.32 Å². The molecule has 2 aromatic rings. The molecule has 2 aliphatic carbocycles. The van der Waals surface area contributed by atoms with Gasteiger partial charge in [0, 0.05) is 40.9 Å². The lowest BCUT2D eigenvalue weighted by Gasteiger charge is -2.43. The van der Waals surface area contributed by atoms with Crippen molar-refractivity contribution in [2.24, 2.45) is 10.8 Å². The van der Waals surface area contributed by atoms with Gasteiger partial charge in [-0.05, 0) is 47.9 Å². The van der Waals surface area contributed by atoms with Crippen LogP contribution in [0.2, 0.25) is 5.02 Å². The van der Waals surface area contributed by atoms with Crippen LogP contribution in [0.4, 0.5) is 0 Å². The number of Topliss-reactive ketones (excluding diaryl/α,β-unsaturated/α-hetero) is 2. The van der Waals surface area contributed by atoms with E-state index < -0.39 is 5.92 Å². The molecule has 5 rings (SSSR count). The Morgan fingerprint density at radius 3 is 1.97 bits per heavy atom. The summed E-state index contributed by atoms with van der Waals surface area (Å²) >= 11 is 6.39. The van der Waals surface area contributed by atoms with Crippen molar-refractivity contribution >= 4 is 23.2 Å². The summed E-state index contributed by atoms with van der Waals surface area (Å²) in [6.45, 7) is 8.47. The highest BCUT2D eigenvalue weighted by molar-refractivity contribution is 6.33. The number of rotatable bonds is 2. The fourth-order valence-corrected chi connectivity index (χ4v) is 5.72. The van der Waals surface area contributed by atoms with Crippen LogP contribution in [0, 0.1) is 10.8 Å². The average molecular weight is 450 g/mol. The number of furan rings is 1. The summed E-state index contributed by atoms with van der Waals surface area (Å²) in [4.78, 5) is 26.7. The molecule has 0 saturated carbocycles. The zero-order chi connectivity index (χ0) is 22.8. The summed E-state index contributed by atoms with van der Waals surface area (Å²) in [5, 5.41) is 4.13. The Hall–Kier alpha value is -2.59. The van der Waals surface area contributed by atoms with Crippen molar-refractivity contribution in [3.05, 3.63) is 69.7 Å². The normalized spacial score (nSPS) is 22.5. The first kappa shape index (κ1) is 21.3. The van der Waals surface area contributed by atoms with Crippen LogP contribution in [0.1, 0.15) is 65.1 Å². The smallest absolute Gasteiger partial charge is 0.162 e. The van der Waals surface area contributed by atoms with Gasteiger partial charge < -0.3 is 9.73 Å². The van der Waals surface area contributed by atoms with Gasteiger partial charge in [-0.25, -0.2) is 0 Å². The predicted octanol–water partition coefficient (Wildman–Crippen LogP) is 6.57. The highest BCUT2D eigenvalue weighted by atomic mass is 35.5. The molecule has 1 N–H and O–H groups in total. The Kier molecular flexibility index (Phi) is 4.79. The van der Waals surface area contributed by atoms with Gasteiger partial charge in [-0.1, -0.05) is 51.4 Å². The molecule has 1 aromatic heterocycles. The lowest BCUT2D eigenvalue weighted by molar-refractivity contribution is -0.119. The first-order valence-corrected chi connectivity index (χ1v) is 11.6. The maximum absolute atomic E-state index is 13.4. The molecule has 5 heteroatoms. The van der Waals surface area contributed by atoms with E-state index in [0.29, 0.717) is 40.5 Å². The molecule has 3 aliphatic rings. The maximum atomic E-state index is 13.4. The minimum absolute atomic E-state index is 0.0913. The van der Waals surface area contributed by atoms with E-state index in [4.69, 9.17) is 16.0 Å². The van der Waals surface area contributed by atoms with Crippen LogP contribution in [-0.2, 0) is 9.59 Å². The Morgan fingerprint density at radius 2 is 1.41 bits per heavy atom. The fourth-order valence-electron chi connectivity index (χ4n) is 5.49. The van der Waals surface area contributed by atoms with E-state index in [9.17, 15) is 9.59 Å². The van der Waals surface area contributed by atoms with Crippen molar-refractivity contribution in [3.63, 3.8) is 0 Å². The van der Waals surface area contributed by atoms with E-state index in [-0.39, 0.29) is 22.4 Å². The van der Waals surface area contributed by atoms with Crippen LogP contribution < -0.4 is 5.32 Å². The highest BCUT2D eigenvalue weighted by Crippen LogP contribution is 2.51. The molecule has 0 radical (unpaired) electrons. The molecule has 0 spiro atoms. The van der Waals surface area contributed by atoms with Crippen LogP contribution >= 0.6 is 11.6 Å². The summed E-state index contributed by atoms with van der Waals surface area (Å²) in [7, 11) is 0. The van der Waals surface area contributed by atoms with E-state index in [2.05, 4.69) is 33.0 Å². The number of halogens is 1. The lowest BCUT2D eigenvalue weighted by Crippen LogP contribution is -2.42. The van der Waals surface area contributed by atoms with Gasteiger partial charge >= 0.3 is 0 Å². The molecule has 0 unspecified atom stereocenters. The van der Waals surface area contributed by atoms with Gasteiger partial charge in [0.15, 0.2) is 11.6 Å². The zero-order valence-corrected chi connectivity index (χ0v) is 19.7. The van der Waals surface area contributed by atoms with Gasteiger partial charge in [0.1, 0.15) is 11.5 Å². The molecule has 32 heavy (non-hydrogen) atoms. The van der Waals surface area contributed by atoms with Crippen molar-refractivity contribution < 1.29 is 14.0 Å². The van der Waals surface area contributed by atoms with Gasteiger partial charge in [-0.2, -0.15) is 0 Å². The lowest BCUT2D eigenvalue weighted by atomic mass is 9.65. The molecule has 0 amide bonds. The summed E-state index contributed by atoms with van der Waals surface area (Å²) in [6.07, 6.45) is 2.47. The Labute approximate surface area is 193 Å². The van der Waals surface area contributed by atoms with Crippen LogP contribution in [0.5, 0.6) is 0 Å². The molecule has 0 bridgehead atoms. The first-order valence-electron chi connectivity index (χ1n) is 11.2. The molecule has 0 fully saturated rings. The van der Waals surface area contributed by atoms with Gasteiger partial charge in [-0.15, -0.1) is 0 Å². The topological polar surface area (TPSA) is 59.3 Å². The number of carbonyl (C=O) groups is 2. The van der Waals surface area contributed by atoms with Crippen molar-refractivity contribution in [2.45, 2.75) is 59.3 Å². The molecule has 0 saturated heterocycles. The average Bonchev–Trinajstić information content (AvgIpc) is 3.14. The monoisotopic (exact) mass is 449 g/mol. The highest BCUT2D eigenvalue weighted by Gasteiger charge is 2.47. The summed E-state index contributed by atoms with van der Waals surface area (Å²) in [5.41, 5.74) is 3.82. The molecule has 166 valence electrons. The molecule has 0 atom stereocenters. The van der Waals surface area contributed by atoms with Gasteiger partial charge in [0.2, 0.25) is 0 Å². The standard InChI is InChI=1S/C27H28ClNO3/c1-26(2)11-17-23(19(30)13-26)25(24-18(29-17)12-27(3,4)14-20(24)31)22-10-9-21(32-22)15-7-5-6-8-16(15)28/h5-10,25,29H,11-14H2,1-4H3. The quantitative estimate of drug-likeness (QED) is 0.563. The number of dihydropyridines is 1. The molecule has 2 heterocycles. The zero-order valence-electron chi connectivity index (χ0n) is 19.0. The Morgan fingerprint density at radius 1 is 0.844 bits per heavy atom. The van der Waals surface area contributed by atoms with E-state index >= 15 is 0 Å². The number of hydrogen-bond donors (Lipinski definition) is 1. The minimum atomic E-state index is -0.468. The fraction of sp³-hybridized carbons (Fsp3) is 0.407. The number of nitrogens with one attached hydrogen (secondary N) is 1. The molecular weight excluding hydrogens is 422 g/mol. The number of carbonyl (C=O) groups excluding carboxylic acids is 2.